The Morgan fingerprint density at radius 1 is 1.38 bits per heavy atom. The first-order chi connectivity index (χ1) is 6.40. The van der Waals surface area contributed by atoms with Crippen LogP contribution >= 0.6 is 0 Å². The number of nitrogens with zero attached hydrogens (tertiary/aromatic N) is 2. The molecule has 0 aromatic carbocycles. The first-order valence-corrected chi connectivity index (χ1v) is 3.96. The van der Waals surface area contributed by atoms with Crippen molar-refractivity contribution in [2.24, 2.45) is 0 Å². The van der Waals surface area contributed by atoms with Crippen LogP contribution in [-0.4, -0.2) is 20.1 Å². The van der Waals surface area contributed by atoms with Crippen molar-refractivity contribution in [3.63, 3.8) is 0 Å². The normalized spacial score (nSPS) is 10.2. The summed E-state index contributed by atoms with van der Waals surface area (Å²) in [6.07, 6.45) is 5.32. The van der Waals surface area contributed by atoms with E-state index in [1.807, 2.05) is 24.5 Å². The topological polar surface area (TPSA) is 61.8 Å². The molecular formula is C9H9N3O. The van der Waals surface area contributed by atoms with E-state index in [4.69, 9.17) is 5.11 Å². The second-order valence-electron chi connectivity index (χ2n) is 2.62. The fourth-order valence-corrected chi connectivity index (χ4v) is 1.12. The van der Waals surface area contributed by atoms with Gasteiger partial charge in [0, 0.05) is 24.2 Å². The number of hydrogen-bond acceptors (Lipinski definition) is 3. The van der Waals surface area contributed by atoms with Gasteiger partial charge in [-0.3, -0.25) is 0 Å². The maximum Gasteiger partial charge on any atom is 0.154 e. The Hall–Kier alpha value is -1.68. The number of aromatic nitrogens is 3. The SMILES string of the molecule is OCc1nccc(-c2cc[nH]c2)n1. The maximum atomic E-state index is 8.83. The summed E-state index contributed by atoms with van der Waals surface area (Å²) < 4.78 is 0. The molecule has 0 saturated carbocycles. The van der Waals surface area contributed by atoms with Crippen LogP contribution in [0.3, 0.4) is 0 Å². The monoisotopic (exact) mass is 175 g/mol. The van der Waals surface area contributed by atoms with E-state index in [0.29, 0.717) is 5.82 Å². The van der Waals surface area contributed by atoms with Crippen molar-refractivity contribution in [3.05, 3.63) is 36.5 Å². The van der Waals surface area contributed by atoms with Gasteiger partial charge < -0.3 is 10.1 Å². The molecule has 0 unspecified atom stereocenters. The highest BCUT2D eigenvalue weighted by Gasteiger charge is 2.00. The molecule has 0 aliphatic heterocycles. The summed E-state index contributed by atoms with van der Waals surface area (Å²) >= 11 is 0. The van der Waals surface area contributed by atoms with Crippen LogP contribution in [0.15, 0.2) is 30.7 Å². The lowest BCUT2D eigenvalue weighted by molar-refractivity contribution is 0.271. The molecule has 0 spiro atoms. The molecule has 2 heterocycles. The first-order valence-electron chi connectivity index (χ1n) is 3.96. The van der Waals surface area contributed by atoms with Crippen LogP contribution in [0.2, 0.25) is 0 Å². The molecule has 0 radical (unpaired) electrons. The van der Waals surface area contributed by atoms with E-state index in [9.17, 15) is 0 Å². The maximum absolute atomic E-state index is 8.83. The molecule has 13 heavy (non-hydrogen) atoms. The number of aromatic amines is 1. The minimum absolute atomic E-state index is 0.127. The summed E-state index contributed by atoms with van der Waals surface area (Å²) in [6.45, 7) is -0.127. The summed E-state index contributed by atoms with van der Waals surface area (Å²) in [6, 6.07) is 3.73. The van der Waals surface area contributed by atoms with E-state index in [1.54, 1.807) is 6.20 Å². The van der Waals surface area contributed by atoms with Crippen molar-refractivity contribution in [2.75, 3.05) is 0 Å². The van der Waals surface area contributed by atoms with Gasteiger partial charge in [0.15, 0.2) is 5.82 Å². The highest BCUT2D eigenvalue weighted by atomic mass is 16.3. The number of aliphatic hydroxyl groups excluding tert-OH is 1. The molecule has 0 aliphatic carbocycles. The minimum Gasteiger partial charge on any atom is -0.388 e. The second kappa shape index (κ2) is 3.37. The van der Waals surface area contributed by atoms with Gasteiger partial charge in [-0.25, -0.2) is 9.97 Å². The number of rotatable bonds is 2. The third kappa shape index (κ3) is 1.57. The lowest BCUT2D eigenvalue weighted by atomic mass is 10.2. The van der Waals surface area contributed by atoms with Crippen molar-refractivity contribution in [1.82, 2.24) is 15.0 Å². The summed E-state index contributed by atoms with van der Waals surface area (Å²) in [5.74, 6) is 0.443. The summed E-state index contributed by atoms with van der Waals surface area (Å²) in [5.41, 5.74) is 1.82. The van der Waals surface area contributed by atoms with Crippen LogP contribution in [0, 0.1) is 0 Å². The van der Waals surface area contributed by atoms with Gasteiger partial charge in [-0.05, 0) is 12.1 Å². The highest BCUT2D eigenvalue weighted by Crippen LogP contribution is 2.14. The van der Waals surface area contributed by atoms with Crippen molar-refractivity contribution in [3.8, 4) is 11.3 Å². The van der Waals surface area contributed by atoms with Crippen LogP contribution in [0.1, 0.15) is 5.82 Å². The van der Waals surface area contributed by atoms with Gasteiger partial charge in [0.25, 0.3) is 0 Å². The van der Waals surface area contributed by atoms with E-state index in [0.717, 1.165) is 11.3 Å². The van der Waals surface area contributed by atoms with Gasteiger partial charge in [-0.2, -0.15) is 0 Å². The molecule has 0 fully saturated rings. The van der Waals surface area contributed by atoms with Gasteiger partial charge in [0.1, 0.15) is 6.61 Å². The minimum atomic E-state index is -0.127. The van der Waals surface area contributed by atoms with Gasteiger partial charge >= 0.3 is 0 Å². The third-order valence-corrected chi connectivity index (χ3v) is 1.74. The molecule has 2 N–H and O–H groups in total. The Morgan fingerprint density at radius 2 is 2.31 bits per heavy atom. The predicted molar refractivity (Wildman–Crippen MR) is 47.7 cm³/mol. The molecule has 0 amide bonds. The Morgan fingerprint density at radius 3 is 3.00 bits per heavy atom. The van der Waals surface area contributed by atoms with Gasteiger partial charge in [-0.15, -0.1) is 0 Å². The molecule has 0 bridgehead atoms. The van der Waals surface area contributed by atoms with E-state index in [2.05, 4.69) is 15.0 Å². The second-order valence-corrected chi connectivity index (χ2v) is 2.62. The molecule has 4 nitrogen and oxygen atoms in total. The molecule has 0 atom stereocenters. The summed E-state index contributed by atoms with van der Waals surface area (Å²) in [5, 5.41) is 8.83. The van der Waals surface area contributed by atoms with Gasteiger partial charge in [0.2, 0.25) is 0 Å². The van der Waals surface area contributed by atoms with Gasteiger partial charge in [-0.1, -0.05) is 0 Å². The zero-order chi connectivity index (χ0) is 9.10. The fourth-order valence-electron chi connectivity index (χ4n) is 1.12. The molecule has 4 heteroatoms. The van der Waals surface area contributed by atoms with Crippen molar-refractivity contribution < 1.29 is 5.11 Å². The van der Waals surface area contributed by atoms with Crippen molar-refractivity contribution in [1.29, 1.82) is 0 Å². The van der Waals surface area contributed by atoms with Crippen molar-refractivity contribution in [2.45, 2.75) is 6.61 Å². The van der Waals surface area contributed by atoms with Crippen LogP contribution in [0.25, 0.3) is 11.3 Å². The largest absolute Gasteiger partial charge is 0.388 e. The Labute approximate surface area is 75.3 Å². The molecule has 0 saturated heterocycles. The molecule has 2 rings (SSSR count). The van der Waals surface area contributed by atoms with Crippen LogP contribution < -0.4 is 0 Å². The number of aliphatic hydroxyl groups is 1. The lowest BCUT2D eigenvalue weighted by Gasteiger charge is -1.98. The zero-order valence-corrected chi connectivity index (χ0v) is 6.94. The van der Waals surface area contributed by atoms with Gasteiger partial charge in [0.05, 0.1) is 5.69 Å². The third-order valence-electron chi connectivity index (χ3n) is 1.74. The lowest BCUT2D eigenvalue weighted by Crippen LogP contribution is -1.94. The summed E-state index contributed by atoms with van der Waals surface area (Å²) in [4.78, 5) is 11.0. The molecule has 2 aromatic heterocycles. The van der Waals surface area contributed by atoms with Crippen molar-refractivity contribution >= 4 is 0 Å². The number of H-pyrrole nitrogens is 1. The summed E-state index contributed by atoms with van der Waals surface area (Å²) in [7, 11) is 0. The Kier molecular flexibility index (Phi) is 2.06. The van der Waals surface area contributed by atoms with Crippen LogP contribution in [0.4, 0.5) is 0 Å². The van der Waals surface area contributed by atoms with Crippen LogP contribution in [0.5, 0.6) is 0 Å². The molecular weight excluding hydrogens is 166 g/mol. The standard InChI is InChI=1S/C9H9N3O/c13-6-9-11-4-2-8(12-9)7-1-3-10-5-7/h1-5,10,13H,6H2. The zero-order valence-electron chi connectivity index (χ0n) is 6.94. The van der Waals surface area contributed by atoms with Crippen LogP contribution in [-0.2, 0) is 6.61 Å². The quantitative estimate of drug-likeness (QED) is 0.714. The number of nitrogens with one attached hydrogen (secondary N) is 1. The molecule has 66 valence electrons. The average Bonchev–Trinajstić information content (AvgIpc) is 2.71. The van der Waals surface area contributed by atoms with E-state index >= 15 is 0 Å². The average molecular weight is 175 g/mol. The number of hydrogen-bond donors (Lipinski definition) is 2. The Balaban J connectivity index is 2.41. The van der Waals surface area contributed by atoms with E-state index in [-0.39, 0.29) is 6.61 Å². The molecule has 0 aliphatic rings. The first kappa shape index (κ1) is 7.94. The molecule has 2 aromatic rings. The predicted octanol–water partition coefficient (Wildman–Crippen LogP) is 0.964. The van der Waals surface area contributed by atoms with E-state index < -0.39 is 0 Å². The smallest absolute Gasteiger partial charge is 0.154 e. The fraction of sp³-hybridized carbons (Fsp3) is 0.111. The van der Waals surface area contributed by atoms with E-state index in [1.165, 1.54) is 0 Å². The Bertz CT molecular complexity index is 384. The highest BCUT2D eigenvalue weighted by molar-refractivity contribution is 5.57.